The van der Waals surface area contributed by atoms with Gasteiger partial charge in [0.1, 0.15) is 5.75 Å². The molecule has 0 aliphatic heterocycles. The molecule has 0 bridgehead atoms. The van der Waals surface area contributed by atoms with E-state index in [-0.39, 0.29) is 5.56 Å². The smallest absolute Gasteiger partial charge is 0.250 e. The van der Waals surface area contributed by atoms with E-state index in [4.69, 9.17) is 10.00 Å². The Morgan fingerprint density at radius 2 is 2.20 bits per heavy atom. The maximum absolute atomic E-state index is 11.5. The Hall–Kier alpha value is -2.74. The molecule has 2 aromatic rings. The van der Waals surface area contributed by atoms with Crippen LogP contribution in [-0.4, -0.2) is 18.2 Å². The van der Waals surface area contributed by atoms with E-state index in [9.17, 15) is 4.79 Å². The molecule has 5 nitrogen and oxygen atoms in total. The van der Waals surface area contributed by atoms with Crippen molar-refractivity contribution in [3.8, 4) is 11.8 Å². The molecule has 2 rings (SSSR count). The van der Waals surface area contributed by atoms with E-state index in [2.05, 4.69) is 11.4 Å². The van der Waals surface area contributed by atoms with E-state index < -0.39 is 0 Å². The van der Waals surface area contributed by atoms with Gasteiger partial charge in [0.05, 0.1) is 24.4 Å². The number of nitriles is 1. The van der Waals surface area contributed by atoms with Gasteiger partial charge in [-0.05, 0) is 18.2 Å². The van der Waals surface area contributed by atoms with E-state index in [1.54, 1.807) is 42.1 Å². The van der Waals surface area contributed by atoms with Gasteiger partial charge in [0.15, 0.2) is 0 Å². The summed E-state index contributed by atoms with van der Waals surface area (Å²) in [6.45, 7) is 1.15. The van der Waals surface area contributed by atoms with Crippen LogP contribution >= 0.6 is 0 Å². The molecule has 5 heteroatoms. The molecule has 0 aliphatic rings. The zero-order valence-corrected chi connectivity index (χ0v) is 11.2. The van der Waals surface area contributed by atoms with Gasteiger partial charge in [-0.15, -0.1) is 0 Å². The standard InChI is InChI=1S/C15H15N3O2/c1-20-14-10-12(11-16)5-6-13(14)17-7-9-18-8-3-2-4-15(18)19/h2-6,8,10,17H,7,9H2,1H3. The van der Waals surface area contributed by atoms with E-state index in [1.807, 2.05) is 6.07 Å². The van der Waals surface area contributed by atoms with Crippen molar-refractivity contribution in [3.63, 3.8) is 0 Å². The fourth-order valence-corrected chi connectivity index (χ4v) is 1.86. The molecule has 0 fully saturated rings. The van der Waals surface area contributed by atoms with Gasteiger partial charge in [-0.25, -0.2) is 0 Å². The Bertz CT molecular complexity index is 686. The average Bonchev–Trinajstić information content (AvgIpc) is 2.49. The molecular weight excluding hydrogens is 254 g/mol. The van der Waals surface area contributed by atoms with Crippen molar-refractivity contribution < 1.29 is 4.74 Å². The predicted molar refractivity (Wildman–Crippen MR) is 76.9 cm³/mol. The molecule has 0 unspecified atom stereocenters. The van der Waals surface area contributed by atoms with Gasteiger partial charge in [0, 0.05) is 31.4 Å². The number of benzene rings is 1. The summed E-state index contributed by atoms with van der Waals surface area (Å²) in [7, 11) is 1.56. The van der Waals surface area contributed by atoms with Crippen LogP contribution in [0, 0.1) is 11.3 Å². The minimum Gasteiger partial charge on any atom is -0.495 e. The third-order valence-electron chi connectivity index (χ3n) is 2.90. The number of methoxy groups -OCH3 is 1. The second-order valence-corrected chi connectivity index (χ2v) is 4.19. The molecule has 1 aromatic heterocycles. The van der Waals surface area contributed by atoms with Crippen molar-refractivity contribution in [2.75, 3.05) is 19.0 Å². The monoisotopic (exact) mass is 269 g/mol. The number of rotatable bonds is 5. The summed E-state index contributed by atoms with van der Waals surface area (Å²) in [5.41, 5.74) is 1.32. The maximum Gasteiger partial charge on any atom is 0.250 e. The third kappa shape index (κ3) is 3.18. The molecule has 0 spiro atoms. The van der Waals surface area contributed by atoms with Crippen molar-refractivity contribution in [1.29, 1.82) is 5.26 Å². The number of nitrogens with zero attached hydrogens (tertiary/aromatic N) is 2. The Morgan fingerprint density at radius 1 is 1.35 bits per heavy atom. The molecule has 0 saturated carbocycles. The number of hydrogen-bond donors (Lipinski definition) is 1. The zero-order chi connectivity index (χ0) is 14.4. The Labute approximate surface area is 117 Å². The first-order valence-electron chi connectivity index (χ1n) is 6.22. The summed E-state index contributed by atoms with van der Waals surface area (Å²) in [5.74, 6) is 0.615. The van der Waals surface area contributed by atoms with Gasteiger partial charge < -0.3 is 14.6 Å². The molecule has 102 valence electrons. The number of anilines is 1. The van der Waals surface area contributed by atoms with Crippen LogP contribution < -0.4 is 15.6 Å². The molecular formula is C15H15N3O2. The SMILES string of the molecule is COc1cc(C#N)ccc1NCCn1ccccc1=O. The summed E-state index contributed by atoms with van der Waals surface area (Å²) in [5, 5.41) is 12.0. The Kier molecular flexibility index (Phi) is 4.40. The van der Waals surface area contributed by atoms with Crippen LogP contribution in [-0.2, 0) is 6.54 Å². The van der Waals surface area contributed by atoms with Gasteiger partial charge in [-0.2, -0.15) is 5.26 Å². The normalized spacial score (nSPS) is 9.80. The third-order valence-corrected chi connectivity index (χ3v) is 2.90. The minimum absolute atomic E-state index is 0.0268. The summed E-state index contributed by atoms with van der Waals surface area (Å²) in [6, 6.07) is 12.3. The predicted octanol–water partition coefficient (Wildman–Crippen LogP) is 1.84. The van der Waals surface area contributed by atoms with Crippen LogP contribution in [0.4, 0.5) is 5.69 Å². The lowest BCUT2D eigenvalue weighted by atomic mass is 10.2. The van der Waals surface area contributed by atoms with E-state index in [0.717, 1.165) is 5.69 Å². The topological polar surface area (TPSA) is 67.0 Å². The largest absolute Gasteiger partial charge is 0.495 e. The first-order chi connectivity index (χ1) is 9.74. The maximum atomic E-state index is 11.5. The van der Waals surface area contributed by atoms with Crippen molar-refractivity contribution >= 4 is 5.69 Å². The van der Waals surface area contributed by atoms with Crippen LogP contribution in [0.3, 0.4) is 0 Å². The van der Waals surface area contributed by atoms with Crippen LogP contribution in [0.5, 0.6) is 5.75 Å². The number of pyridine rings is 1. The van der Waals surface area contributed by atoms with Gasteiger partial charge >= 0.3 is 0 Å². The highest BCUT2D eigenvalue weighted by molar-refractivity contribution is 5.59. The lowest BCUT2D eigenvalue weighted by Crippen LogP contribution is -2.22. The highest BCUT2D eigenvalue weighted by atomic mass is 16.5. The van der Waals surface area contributed by atoms with Crippen LogP contribution in [0.25, 0.3) is 0 Å². The quantitative estimate of drug-likeness (QED) is 0.899. The molecule has 0 amide bonds. The van der Waals surface area contributed by atoms with Crippen molar-refractivity contribution in [2.45, 2.75) is 6.54 Å². The van der Waals surface area contributed by atoms with Crippen molar-refractivity contribution in [3.05, 3.63) is 58.5 Å². The fourth-order valence-electron chi connectivity index (χ4n) is 1.86. The highest BCUT2D eigenvalue weighted by Gasteiger charge is 2.04. The number of ether oxygens (including phenoxy) is 1. The lowest BCUT2D eigenvalue weighted by molar-refractivity contribution is 0.416. The number of aromatic nitrogens is 1. The second-order valence-electron chi connectivity index (χ2n) is 4.19. The van der Waals surface area contributed by atoms with Crippen molar-refractivity contribution in [2.24, 2.45) is 0 Å². The van der Waals surface area contributed by atoms with E-state index in [1.165, 1.54) is 6.07 Å². The summed E-state index contributed by atoms with van der Waals surface area (Å²) >= 11 is 0. The summed E-state index contributed by atoms with van der Waals surface area (Å²) in [4.78, 5) is 11.5. The summed E-state index contributed by atoms with van der Waals surface area (Å²) < 4.78 is 6.86. The van der Waals surface area contributed by atoms with Crippen LogP contribution in [0.2, 0.25) is 0 Å². The van der Waals surface area contributed by atoms with Gasteiger partial charge in [0.25, 0.3) is 5.56 Å². The molecule has 0 aliphatic carbocycles. The minimum atomic E-state index is -0.0268. The van der Waals surface area contributed by atoms with Crippen LogP contribution in [0.15, 0.2) is 47.4 Å². The molecule has 1 aromatic carbocycles. The molecule has 0 radical (unpaired) electrons. The van der Waals surface area contributed by atoms with Crippen LogP contribution in [0.1, 0.15) is 5.56 Å². The van der Waals surface area contributed by atoms with Gasteiger partial charge in [-0.1, -0.05) is 6.07 Å². The molecule has 0 saturated heterocycles. The average molecular weight is 269 g/mol. The second kappa shape index (κ2) is 6.43. The first-order valence-corrected chi connectivity index (χ1v) is 6.22. The molecule has 20 heavy (non-hydrogen) atoms. The summed E-state index contributed by atoms with van der Waals surface area (Å²) in [6.07, 6.45) is 1.75. The lowest BCUT2D eigenvalue weighted by Gasteiger charge is -2.12. The Morgan fingerprint density at radius 3 is 2.90 bits per heavy atom. The first kappa shape index (κ1) is 13.7. The molecule has 1 N–H and O–H groups in total. The molecule has 1 heterocycles. The highest BCUT2D eigenvalue weighted by Crippen LogP contribution is 2.24. The van der Waals surface area contributed by atoms with Gasteiger partial charge in [0.2, 0.25) is 0 Å². The van der Waals surface area contributed by atoms with Gasteiger partial charge in [-0.3, -0.25) is 4.79 Å². The van der Waals surface area contributed by atoms with Crippen molar-refractivity contribution in [1.82, 2.24) is 4.57 Å². The van der Waals surface area contributed by atoms with E-state index >= 15 is 0 Å². The Balaban J connectivity index is 2.03. The number of hydrogen-bond acceptors (Lipinski definition) is 4. The zero-order valence-electron chi connectivity index (χ0n) is 11.2. The van der Waals surface area contributed by atoms with E-state index in [0.29, 0.717) is 24.4 Å². The molecule has 0 atom stereocenters. The fraction of sp³-hybridized carbons (Fsp3) is 0.200. The number of nitrogens with one attached hydrogen (secondary N) is 1.